The number of morpholine rings is 1. The van der Waals surface area contributed by atoms with E-state index in [1.807, 2.05) is 6.07 Å². The minimum absolute atomic E-state index is 0.0106. The van der Waals surface area contributed by atoms with Crippen LogP contribution in [0.3, 0.4) is 0 Å². The van der Waals surface area contributed by atoms with Gasteiger partial charge in [-0.2, -0.15) is 13.2 Å². The Bertz CT molecular complexity index is 1520. The Morgan fingerprint density at radius 1 is 1.02 bits per heavy atom. The van der Waals surface area contributed by atoms with Crippen LogP contribution >= 0.6 is 11.3 Å². The number of benzene rings is 2. The Balaban J connectivity index is 1.20. The number of piperidine rings is 1. The molecule has 0 radical (unpaired) electrons. The van der Waals surface area contributed by atoms with Crippen molar-refractivity contribution in [3.8, 4) is 17.6 Å². The van der Waals surface area contributed by atoms with Crippen molar-refractivity contribution in [3.63, 3.8) is 0 Å². The first-order valence-electron chi connectivity index (χ1n) is 15.0. The van der Waals surface area contributed by atoms with E-state index < -0.39 is 25.3 Å². The smallest absolute Gasteiger partial charge is 0.393 e. The quantitative estimate of drug-likeness (QED) is 0.200. The standard InChI is InChI=1S/C32H35F5N4O2S/c33-20-43-29-18-28(41-13-15-42-16-14-41)25(34)17-27(29)38-10-2-5-30-24(19-32(35,36)37)23-3-1-4-26(31(23)44-30)39-21-8-11-40(12-9-21)22-6-7-22/h1,3-4,17-18,21-22,38-39H,6-16,19-20H2. The van der Waals surface area contributed by atoms with Crippen molar-refractivity contribution in [2.45, 2.75) is 50.4 Å². The van der Waals surface area contributed by atoms with E-state index in [0.29, 0.717) is 36.6 Å². The molecule has 3 fully saturated rings. The molecule has 3 heterocycles. The molecule has 1 aromatic heterocycles. The van der Waals surface area contributed by atoms with Crippen LogP contribution in [0.2, 0.25) is 0 Å². The van der Waals surface area contributed by atoms with Crippen LogP contribution in [0.5, 0.6) is 5.75 Å². The van der Waals surface area contributed by atoms with Gasteiger partial charge in [-0.3, -0.25) is 0 Å². The van der Waals surface area contributed by atoms with Gasteiger partial charge < -0.3 is 29.9 Å². The number of nitrogens with zero attached hydrogens (tertiary/aromatic N) is 2. The first-order chi connectivity index (χ1) is 21.3. The molecule has 1 saturated carbocycles. The van der Waals surface area contributed by atoms with Gasteiger partial charge in [-0.25, -0.2) is 8.78 Å². The summed E-state index contributed by atoms with van der Waals surface area (Å²) in [5.74, 6) is 5.42. The number of hydrogen-bond acceptors (Lipinski definition) is 7. The Kier molecular flexibility index (Phi) is 9.35. The van der Waals surface area contributed by atoms with Crippen LogP contribution in [0.1, 0.15) is 36.1 Å². The predicted molar refractivity (Wildman–Crippen MR) is 164 cm³/mol. The monoisotopic (exact) mass is 634 g/mol. The van der Waals surface area contributed by atoms with Crippen molar-refractivity contribution in [1.82, 2.24) is 4.90 Å². The second kappa shape index (κ2) is 13.4. The van der Waals surface area contributed by atoms with Gasteiger partial charge in [0.25, 0.3) is 0 Å². The Morgan fingerprint density at radius 3 is 2.50 bits per heavy atom. The third-order valence-corrected chi connectivity index (χ3v) is 9.52. The summed E-state index contributed by atoms with van der Waals surface area (Å²) in [5, 5.41) is 7.08. The number of anilines is 3. The highest BCUT2D eigenvalue weighted by molar-refractivity contribution is 7.20. The van der Waals surface area contributed by atoms with E-state index in [2.05, 4.69) is 27.4 Å². The van der Waals surface area contributed by atoms with Gasteiger partial charge in [-0.1, -0.05) is 24.0 Å². The molecular weight excluding hydrogens is 599 g/mol. The van der Waals surface area contributed by atoms with Crippen molar-refractivity contribution < 1.29 is 31.4 Å². The van der Waals surface area contributed by atoms with Gasteiger partial charge >= 0.3 is 6.18 Å². The summed E-state index contributed by atoms with van der Waals surface area (Å²) in [6.07, 6.45) is -0.949. The maximum atomic E-state index is 15.0. The third-order valence-electron chi connectivity index (χ3n) is 8.33. The van der Waals surface area contributed by atoms with Gasteiger partial charge in [0.2, 0.25) is 6.86 Å². The molecule has 6 rings (SSSR count). The van der Waals surface area contributed by atoms with Gasteiger partial charge in [0, 0.05) is 50.4 Å². The fourth-order valence-electron chi connectivity index (χ4n) is 6.00. The lowest BCUT2D eigenvalue weighted by Gasteiger charge is -2.33. The molecule has 0 spiro atoms. The summed E-state index contributed by atoms with van der Waals surface area (Å²) in [4.78, 5) is 4.68. The topological polar surface area (TPSA) is 49.0 Å². The summed E-state index contributed by atoms with van der Waals surface area (Å²) in [6, 6.07) is 9.08. The number of likely N-dealkylation sites (tertiary alicyclic amines) is 1. The third kappa shape index (κ3) is 7.33. The van der Waals surface area contributed by atoms with Crippen LogP contribution < -0.4 is 20.3 Å². The fraction of sp³-hybridized carbons (Fsp3) is 0.500. The number of rotatable bonds is 9. The summed E-state index contributed by atoms with van der Waals surface area (Å²) < 4.78 is 80.4. The second-order valence-corrected chi connectivity index (χ2v) is 12.4. The zero-order valence-electron chi connectivity index (χ0n) is 24.2. The highest BCUT2D eigenvalue weighted by Crippen LogP contribution is 2.40. The van der Waals surface area contributed by atoms with E-state index in [1.165, 1.54) is 36.3 Å². The maximum Gasteiger partial charge on any atom is 0.393 e. The van der Waals surface area contributed by atoms with Crippen molar-refractivity contribution in [2.75, 3.05) is 68.3 Å². The van der Waals surface area contributed by atoms with Gasteiger partial charge in [0.1, 0.15) is 11.6 Å². The molecule has 2 N–H and O–H groups in total. The molecule has 0 unspecified atom stereocenters. The molecule has 2 aromatic carbocycles. The first-order valence-corrected chi connectivity index (χ1v) is 15.8. The molecule has 12 heteroatoms. The molecule has 44 heavy (non-hydrogen) atoms. The van der Waals surface area contributed by atoms with E-state index in [0.717, 1.165) is 42.4 Å². The number of halogens is 5. The van der Waals surface area contributed by atoms with Crippen molar-refractivity contribution in [3.05, 3.63) is 46.6 Å². The molecule has 0 bridgehead atoms. The van der Waals surface area contributed by atoms with Crippen LogP contribution in [0, 0.1) is 17.7 Å². The summed E-state index contributed by atoms with van der Waals surface area (Å²) in [5.41, 5.74) is 1.47. The number of nitrogens with one attached hydrogen (secondary N) is 2. The minimum atomic E-state index is -4.40. The normalized spacial score (nSPS) is 18.2. The average Bonchev–Trinajstić information content (AvgIpc) is 3.80. The molecule has 0 amide bonds. The highest BCUT2D eigenvalue weighted by atomic mass is 32.1. The minimum Gasteiger partial charge on any atom is -0.461 e. The number of thiophene rings is 1. The number of fused-ring (bicyclic) bond motifs is 1. The number of ether oxygens (including phenoxy) is 2. The lowest BCUT2D eigenvalue weighted by Crippen LogP contribution is -2.40. The van der Waals surface area contributed by atoms with E-state index >= 15 is 0 Å². The summed E-state index contributed by atoms with van der Waals surface area (Å²) in [7, 11) is 0. The molecule has 3 aliphatic rings. The maximum absolute atomic E-state index is 15.0. The van der Waals surface area contributed by atoms with Gasteiger partial charge in [0.15, 0.2) is 0 Å². The van der Waals surface area contributed by atoms with E-state index in [9.17, 15) is 22.0 Å². The molecule has 1 aliphatic carbocycles. The first kappa shape index (κ1) is 30.7. The van der Waals surface area contributed by atoms with E-state index in [4.69, 9.17) is 9.47 Å². The van der Waals surface area contributed by atoms with E-state index in [1.54, 1.807) is 17.0 Å². The molecule has 6 nitrogen and oxygen atoms in total. The summed E-state index contributed by atoms with van der Waals surface area (Å²) in [6.45, 7) is 2.86. The zero-order valence-corrected chi connectivity index (χ0v) is 25.1. The van der Waals surface area contributed by atoms with Crippen LogP contribution in [0.15, 0.2) is 30.3 Å². The van der Waals surface area contributed by atoms with Crippen molar-refractivity contribution >= 4 is 38.5 Å². The largest absolute Gasteiger partial charge is 0.461 e. The fourth-order valence-corrected chi connectivity index (χ4v) is 7.17. The molecule has 0 atom stereocenters. The molecular formula is C32H35F5N4O2S. The van der Waals surface area contributed by atoms with Gasteiger partial charge in [-0.05, 0) is 42.7 Å². The average molecular weight is 635 g/mol. The van der Waals surface area contributed by atoms with E-state index in [-0.39, 0.29) is 35.3 Å². The molecule has 2 aliphatic heterocycles. The highest BCUT2D eigenvalue weighted by Gasteiger charge is 2.33. The second-order valence-electron chi connectivity index (χ2n) is 11.4. The number of alkyl halides is 4. The molecule has 2 saturated heterocycles. The Morgan fingerprint density at radius 2 is 1.80 bits per heavy atom. The lowest BCUT2D eigenvalue weighted by molar-refractivity contribution is -0.126. The van der Waals surface area contributed by atoms with Crippen LogP contribution in [0.25, 0.3) is 10.1 Å². The Hall–Kier alpha value is -3.27. The molecule has 3 aromatic rings. The lowest BCUT2D eigenvalue weighted by atomic mass is 10.0. The van der Waals surface area contributed by atoms with Crippen LogP contribution in [0.4, 0.5) is 39.0 Å². The van der Waals surface area contributed by atoms with Gasteiger partial charge in [-0.15, -0.1) is 11.3 Å². The van der Waals surface area contributed by atoms with Crippen LogP contribution in [-0.2, 0) is 11.2 Å². The predicted octanol–water partition coefficient (Wildman–Crippen LogP) is 6.79. The SMILES string of the molecule is FCOc1cc(N2CCOCC2)c(F)cc1NCC#Cc1sc2c(NC3CCN(C4CC4)CC3)cccc2c1CC(F)(F)F. The van der Waals surface area contributed by atoms with Crippen molar-refractivity contribution in [2.24, 2.45) is 0 Å². The van der Waals surface area contributed by atoms with Crippen molar-refractivity contribution in [1.29, 1.82) is 0 Å². The van der Waals surface area contributed by atoms with Crippen LogP contribution in [-0.4, -0.2) is 76.0 Å². The Labute approximate surface area is 257 Å². The summed E-state index contributed by atoms with van der Waals surface area (Å²) >= 11 is 1.25. The molecule has 236 valence electrons. The number of hydrogen-bond donors (Lipinski definition) is 2. The zero-order chi connectivity index (χ0) is 30.7. The van der Waals surface area contributed by atoms with Gasteiger partial charge in [0.05, 0.1) is 52.8 Å².